The van der Waals surface area contributed by atoms with Crippen molar-refractivity contribution in [1.29, 1.82) is 0 Å². The zero-order valence-electron chi connectivity index (χ0n) is 15.1. The van der Waals surface area contributed by atoms with E-state index in [1.807, 2.05) is 30.3 Å². The lowest BCUT2D eigenvalue weighted by atomic mass is 10.2. The van der Waals surface area contributed by atoms with Crippen molar-refractivity contribution in [3.63, 3.8) is 0 Å². The van der Waals surface area contributed by atoms with E-state index in [0.717, 1.165) is 5.56 Å². The van der Waals surface area contributed by atoms with Crippen molar-refractivity contribution >= 4 is 15.9 Å². The number of nitrogens with zero attached hydrogens (tertiary/aromatic N) is 1. The summed E-state index contributed by atoms with van der Waals surface area (Å²) in [5.41, 5.74) is 1.15. The molecule has 6 heteroatoms. The minimum absolute atomic E-state index is 0.0942. The smallest absolute Gasteiger partial charge is 0.252 e. The number of carbonyl (C=O) groups is 1. The number of carbonyl (C=O) groups excluding carboxylic acids is 1. The summed E-state index contributed by atoms with van der Waals surface area (Å²) in [5, 5.41) is 2.68. The van der Waals surface area contributed by atoms with Crippen molar-refractivity contribution in [3.05, 3.63) is 65.7 Å². The largest absolute Gasteiger partial charge is 0.341 e. The Balaban J connectivity index is 2.08. The topological polar surface area (TPSA) is 66.5 Å². The van der Waals surface area contributed by atoms with Crippen LogP contribution in [-0.2, 0) is 10.0 Å². The Morgan fingerprint density at radius 1 is 1.12 bits per heavy atom. The third kappa shape index (κ3) is 4.94. The summed E-state index contributed by atoms with van der Waals surface area (Å²) in [6.45, 7) is 3.76. The Bertz CT molecular complexity index is 926. The van der Waals surface area contributed by atoms with Crippen LogP contribution in [0.4, 0.5) is 0 Å². The second-order valence-corrected chi connectivity index (χ2v) is 7.99. The average molecular weight is 370 g/mol. The highest BCUT2D eigenvalue weighted by Gasteiger charge is 2.23. The molecule has 0 radical (unpaired) electrons. The SMILES string of the molecule is CC(C)N(C)S(=O)(=O)c1cccc(C(=O)NCC#Cc2ccccc2)c1. The van der Waals surface area contributed by atoms with Crippen LogP contribution in [-0.4, -0.2) is 38.3 Å². The molecule has 26 heavy (non-hydrogen) atoms. The van der Waals surface area contributed by atoms with E-state index in [9.17, 15) is 13.2 Å². The number of benzene rings is 2. The molecule has 0 atom stereocenters. The molecule has 1 N–H and O–H groups in total. The highest BCUT2D eigenvalue weighted by molar-refractivity contribution is 7.89. The van der Waals surface area contributed by atoms with Crippen LogP contribution in [0.15, 0.2) is 59.5 Å². The first kappa shape index (κ1) is 19.7. The van der Waals surface area contributed by atoms with Gasteiger partial charge < -0.3 is 5.32 Å². The van der Waals surface area contributed by atoms with E-state index in [2.05, 4.69) is 17.2 Å². The molecule has 1 amide bonds. The molecule has 2 aromatic rings. The Morgan fingerprint density at radius 2 is 1.81 bits per heavy atom. The van der Waals surface area contributed by atoms with Crippen molar-refractivity contribution in [2.45, 2.75) is 24.8 Å². The van der Waals surface area contributed by atoms with E-state index in [0.29, 0.717) is 0 Å². The summed E-state index contributed by atoms with van der Waals surface area (Å²) in [4.78, 5) is 12.3. The molecule has 0 aliphatic heterocycles. The molecule has 0 unspecified atom stereocenters. The highest BCUT2D eigenvalue weighted by Crippen LogP contribution is 2.17. The van der Waals surface area contributed by atoms with Gasteiger partial charge in [0, 0.05) is 24.2 Å². The number of nitrogens with one attached hydrogen (secondary N) is 1. The maximum atomic E-state index is 12.5. The lowest BCUT2D eigenvalue weighted by Crippen LogP contribution is -2.33. The van der Waals surface area contributed by atoms with Crippen molar-refractivity contribution in [3.8, 4) is 11.8 Å². The van der Waals surface area contributed by atoms with Crippen LogP contribution in [0, 0.1) is 11.8 Å². The van der Waals surface area contributed by atoms with Gasteiger partial charge in [0.1, 0.15) is 0 Å². The van der Waals surface area contributed by atoms with Crippen LogP contribution in [0.2, 0.25) is 0 Å². The standard InChI is InChI=1S/C20H22N2O3S/c1-16(2)22(3)26(24,25)19-13-7-12-18(15-19)20(23)21-14-8-11-17-9-5-4-6-10-17/h4-7,9-10,12-13,15-16H,14H2,1-3H3,(H,21,23). The molecule has 2 aromatic carbocycles. The van der Waals surface area contributed by atoms with E-state index < -0.39 is 10.0 Å². The molecule has 0 aliphatic carbocycles. The second kappa shape index (κ2) is 8.65. The summed E-state index contributed by atoms with van der Waals surface area (Å²) in [6.07, 6.45) is 0. The van der Waals surface area contributed by atoms with Crippen LogP contribution < -0.4 is 5.32 Å². The minimum atomic E-state index is -3.63. The van der Waals surface area contributed by atoms with E-state index >= 15 is 0 Å². The predicted octanol–water partition coefficient (Wildman–Crippen LogP) is 2.50. The Hall–Kier alpha value is -2.62. The lowest BCUT2D eigenvalue weighted by molar-refractivity contribution is 0.0958. The van der Waals surface area contributed by atoms with Crippen molar-refractivity contribution < 1.29 is 13.2 Å². The Kier molecular flexibility index (Phi) is 6.56. The molecule has 0 spiro atoms. The van der Waals surface area contributed by atoms with Gasteiger partial charge in [0.15, 0.2) is 0 Å². The summed E-state index contributed by atoms with van der Waals surface area (Å²) >= 11 is 0. The van der Waals surface area contributed by atoms with Crippen LogP contribution in [0.5, 0.6) is 0 Å². The molecule has 0 aliphatic rings. The Labute approximate surface area is 155 Å². The van der Waals surface area contributed by atoms with Crippen molar-refractivity contribution in [2.75, 3.05) is 13.6 Å². The summed E-state index contributed by atoms with van der Waals surface area (Å²) in [5.74, 6) is 5.45. The molecule has 0 fully saturated rings. The first-order valence-electron chi connectivity index (χ1n) is 8.22. The van der Waals surface area contributed by atoms with Gasteiger partial charge in [-0.2, -0.15) is 4.31 Å². The monoisotopic (exact) mass is 370 g/mol. The number of hydrogen-bond donors (Lipinski definition) is 1. The zero-order valence-corrected chi connectivity index (χ0v) is 15.9. The van der Waals surface area contributed by atoms with Gasteiger partial charge >= 0.3 is 0 Å². The van der Waals surface area contributed by atoms with Gasteiger partial charge in [-0.3, -0.25) is 4.79 Å². The zero-order chi connectivity index (χ0) is 19.2. The second-order valence-electron chi connectivity index (χ2n) is 5.99. The quantitative estimate of drug-likeness (QED) is 0.823. The molecule has 0 aromatic heterocycles. The normalized spacial score (nSPS) is 11.1. The number of rotatable bonds is 5. The van der Waals surface area contributed by atoms with E-state index in [-0.39, 0.29) is 29.0 Å². The van der Waals surface area contributed by atoms with Crippen LogP contribution in [0.1, 0.15) is 29.8 Å². The van der Waals surface area contributed by atoms with Gasteiger partial charge in [0.25, 0.3) is 5.91 Å². The molecule has 0 heterocycles. The molecule has 2 rings (SSSR count). The fourth-order valence-corrected chi connectivity index (χ4v) is 3.55. The molecule has 5 nitrogen and oxygen atoms in total. The van der Waals surface area contributed by atoms with Crippen molar-refractivity contribution in [2.24, 2.45) is 0 Å². The van der Waals surface area contributed by atoms with Crippen LogP contribution in [0.3, 0.4) is 0 Å². The molecule has 0 saturated carbocycles. The van der Waals surface area contributed by atoms with Gasteiger partial charge in [-0.1, -0.05) is 36.1 Å². The van der Waals surface area contributed by atoms with Crippen molar-refractivity contribution in [1.82, 2.24) is 9.62 Å². The number of amides is 1. The van der Waals surface area contributed by atoms with Crippen LogP contribution in [0.25, 0.3) is 0 Å². The lowest BCUT2D eigenvalue weighted by Gasteiger charge is -2.21. The highest BCUT2D eigenvalue weighted by atomic mass is 32.2. The van der Waals surface area contributed by atoms with E-state index in [1.165, 1.54) is 23.5 Å². The fraction of sp³-hybridized carbons (Fsp3) is 0.250. The van der Waals surface area contributed by atoms with Gasteiger partial charge in [0.05, 0.1) is 11.4 Å². The van der Waals surface area contributed by atoms with Gasteiger partial charge in [-0.05, 0) is 44.2 Å². The first-order chi connectivity index (χ1) is 12.3. The maximum absolute atomic E-state index is 12.5. The number of hydrogen-bond acceptors (Lipinski definition) is 3. The third-order valence-electron chi connectivity index (χ3n) is 3.84. The first-order valence-corrected chi connectivity index (χ1v) is 9.66. The third-order valence-corrected chi connectivity index (χ3v) is 5.87. The molecular formula is C20H22N2O3S. The molecule has 0 saturated heterocycles. The summed E-state index contributed by atoms with van der Waals surface area (Å²) in [7, 11) is -2.11. The fourth-order valence-electron chi connectivity index (χ4n) is 2.14. The number of sulfonamides is 1. The predicted molar refractivity (Wildman–Crippen MR) is 102 cm³/mol. The van der Waals surface area contributed by atoms with Gasteiger partial charge in [-0.15, -0.1) is 0 Å². The molecule has 0 bridgehead atoms. The Morgan fingerprint density at radius 3 is 2.46 bits per heavy atom. The molecule has 136 valence electrons. The minimum Gasteiger partial charge on any atom is -0.341 e. The van der Waals surface area contributed by atoms with Gasteiger partial charge in [0.2, 0.25) is 10.0 Å². The van der Waals surface area contributed by atoms with Gasteiger partial charge in [-0.25, -0.2) is 8.42 Å². The summed E-state index contributed by atoms with van der Waals surface area (Å²) in [6, 6.07) is 15.3. The summed E-state index contributed by atoms with van der Waals surface area (Å²) < 4.78 is 26.3. The van der Waals surface area contributed by atoms with Crippen LogP contribution >= 0.6 is 0 Å². The molecular weight excluding hydrogens is 348 g/mol. The average Bonchev–Trinajstić information content (AvgIpc) is 2.65. The van der Waals surface area contributed by atoms with E-state index in [4.69, 9.17) is 0 Å². The van der Waals surface area contributed by atoms with E-state index in [1.54, 1.807) is 26.0 Å². The maximum Gasteiger partial charge on any atom is 0.252 e.